The Morgan fingerprint density at radius 1 is 1.00 bits per heavy atom. The number of pyridine rings is 2. The molecule has 0 saturated carbocycles. The van der Waals surface area contributed by atoms with Crippen LogP contribution in [0, 0.1) is 13.8 Å². The quantitative estimate of drug-likeness (QED) is 0.253. The Labute approximate surface area is 189 Å². The summed E-state index contributed by atoms with van der Waals surface area (Å²) in [4.78, 5) is 22.8. The number of hydrogen-bond donors (Lipinski definition) is 3. The lowest BCUT2D eigenvalue weighted by molar-refractivity contribution is 0.161. The van der Waals surface area contributed by atoms with Crippen LogP contribution in [0.3, 0.4) is 0 Å². The highest BCUT2D eigenvalue weighted by molar-refractivity contribution is 5.72. The molecule has 2 aromatic heterocycles. The molecule has 0 aliphatic rings. The van der Waals surface area contributed by atoms with Gasteiger partial charge in [0.15, 0.2) is 0 Å². The summed E-state index contributed by atoms with van der Waals surface area (Å²) < 4.78 is 0. The van der Waals surface area contributed by atoms with Crippen LogP contribution in [0.5, 0.6) is 0 Å². The number of amides is 2. The first-order valence-electron chi connectivity index (χ1n) is 10.9. The fourth-order valence-corrected chi connectivity index (χ4v) is 3.69. The first-order valence-corrected chi connectivity index (χ1v) is 10.9. The van der Waals surface area contributed by atoms with E-state index in [0.717, 1.165) is 54.0 Å². The molecule has 3 rings (SSSR count). The van der Waals surface area contributed by atoms with Crippen LogP contribution in [-0.2, 0) is 13.1 Å². The minimum atomic E-state index is -0.581. The zero-order valence-corrected chi connectivity index (χ0v) is 18.7. The molecule has 0 bridgehead atoms. The maximum Gasteiger partial charge on any atom is 0.338 e. The molecular weight excluding hydrogens is 402 g/mol. The second kappa shape index (κ2) is 11.9. The normalized spacial score (nSPS) is 10.9. The Balaban J connectivity index is 1.74. The molecule has 0 atom stereocenters. The number of benzene rings is 1. The Bertz CT molecular complexity index is 1010. The molecule has 0 radical (unpaired) electrons. The lowest BCUT2D eigenvalue weighted by atomic mass is 10.0. The Morgan fingerprint density at radius 3 is 2.53 bits per heavy atom. The Morgan fingerprint density at radius 2 is 1.78 bits per heavy atom. The van der Waals surface area contributed by atoms with Crippen LogP contribution in [0.25, 0.3) is 11.1 Å². The highest BCUT2D eigenvalue weighted by Crippen LogP contribution is 2.24. The summed E-state index contributed by atoms with van der Waals surface area (Å²) in [6, 6.07) is 16.0. The van der Waals surface area contributed by atoms with Crippen LogP contribution in [0.1, 0.15) is 35.4 Å². The van der Waals surface area contributed by atoms with Gasteiger partial charge in [-0.3, -0.25) is 20.1 Å². The van der Waals surface area contributed by atoms with Crippen molar-refractivity contribution in [1.29, 1.82) is 0 Å². The van der Waals surface area contributed by atoms with Crippen molar-refractivity contribution in [1.82, 2.24) is 25.7 Å². The van der Waals surface area contributed by atoms with E-state index in [-0.39, 0.29) is 0 Å². The van der Waals surface area contributed by atoms with E-state index >= 15 is 0 Å². The van der Waals surface area contributed by atoms with Gasteiger partial charge in [-0.05, 0) is 56.0 Å². The van der Waals surface area contributed by atoms with Crippen molar-refractivity contribution in [2.75, 3.05) is 13.1 Å². The Kier molecular flexibility index (Phi) is 8.71. The van der Waals surface area contributed by atoms with Crippen molar-refractivity contribution in [3.63, 3.8) is 0 Å². The van der Waals surface area contributed by atoms with E-state index in [1.54, 1.807) is 5.48 Å². The summed E-state index contributed by atoms with van der Waals surface area (Å²) in [6.07, 6.45) is 5.45. The molecule has 7 heteroatoms. The van der Waals surface area contributed by atoms with Crippen LogP contribution in [0.4, 0.5) is 4.79 Å². The number of aromatic nitrogens is 2. The van der Waals surface area contributed by atoms with E-state index < -0.39 is 6.03 Å². The molecule has 7 nitrogen and oxygen atoms in total. The number of aryl methyl sites for hydroxylation is 2. The average molecular weight is 434 g/mol. The first kappa shape index (κ1) is 23.4. The fourth-order valence-electron chi connectivity index (χ4n) is 3.69. The van der Waals surface area contributed by atoms with Gasteiger partial charge < -0.3 is 5.32 Å². The molecule has 0 fully saturated rings. The number of hydrogen-bond acceptors (Lipinski definition) is 5. The van der Waals surface area contributed by atoms with Crippen LogP contribution in [-0.4, -0.2) is 39.2 Å². The van der Waals surface area contributed by atoms with E-state index in [1.165, 1.54) is 5.56 Å². The van der Waals surface area contributed by atoms with Gasteiger partial charge in [0.1, 0.15) is 0 Å². The van der Waals surface area contributed by atoms with E-state index in [4.69, 9.17) is 10.2 Å². The zero-order chi connectivity index (χ0) is 22.8. The topological polar surface area (TPSA) is 90.4 Å². The van der Waals surface area contributed by atoms with E-state index in [9.17, 15) is 4.79 Å². The van der Waals surface area contributed by atoms with Gasteiger partial charge >= 0.3 is 6.03 Å². The maximum atomic E-state index is 11.1. The van der Waals surface area contributed by atoms with Gasteiger partial charge in [0.2, 0.25) is 0 Å². The van der Waals surface area contributed by atoms with Crippen LogP contribution in [0.2, 0.25) is 0 Å². The smallest absolute Gasteiger partial charge is 0.336 e. The Hall–Kier alpha value is -3.29. The largest absolute Gasteiger partial charge is 0.338 e. The second-order valence-electron chi connectivity index (χ2n) is 7.93. The molecule has 2 heterocycles. The minimum absolute atomic E-state index is 0.501. The summed E-state index contributed by atoms with van der Waals surface area (Å²) in [5.41, 5.74) is 8.30. The number of nitrogens with one attached hydrogen (secondary N) is 2. The van der Waals surface area contributed by atoms with Crippen molar-refractivity contribution in [3.05, 3.63) is 83.4 Å². The monoisotopic (exact) mass is 433 g/mol. The van der Waals surface area contributed by atoms with Crippen LogP contribution in [0.15, 0.2) is 60.9 Å². The van der Waals surface area contributed by atoms with Crippen LogP contribution >= 0.6 is 0 Å². The van der Waals surface area contributed by atoms with E-state index in [1.807, 2.05) is 36.7 Å². The van der Waals surface area contributed by atoms with Crippen molar-refractivity contribution >= 4 is 6.03 Å². The van der Waals surface area contributed by atoms with Gasteiger partial charge in [-0.15, -0.1) is 0 Å². The minimum Gasteiger partial charge on any atom is -0.336 e. The summed E-state index contributed by atoms with van der Waals surface area (Å²) in [7, 11) is 0. The molecule has 0 aliphatic carbocycles. The second-order valence-corrected chi connectivity index (χ2v) is 7.93. The summed E-state index contributed by atoms with van der Waals surface area (Å²) in [6.45, 7) is 6.91. The van der Waals surface area contributed by atoms with Gasteiger partial charge in [-0.1, -0.05) is 42.5 Å². The van der Waals surface area contributed by atoms with Gasteiger partial charge in [0.25, 0.3) is 0 Å². The first-order chi connectivity index (χ1) is 15.6. The number of rotatable bonds is 10. The van der Waals surface area contributed by atoms with Crippen molar-refractivity contribution in [2.45, 2.75) is 39.8 Å². The van der Waals surface area contributed by atoms with Gasteiger partial charge in [0.05, 0.1) is 11.4 Å². The molecule has 0 aliphatic heterocycles. The van der Waals surface area contributed by atoms with Gasteiger partial charge in [-0.2, -0.15) is 0 Å². The van der Waals surface area contributed by atoms with Crippen molar-refractivity contribution in [2.24, 2.45) is 0 Å². The lowest BCUT2D eigenvalue weighted by Crippen LogP contribution is -2.34. The number of nitrogens with zero attached hydrogens (tertiary/aromatic N) is 3. The SMILES string of the molecule is Cc1cnc(CN(CCCCNC(=O)NO)Cc2ncccc2-c2ccccc2)c(C)c1. The summed E-state index contributed by atoms with van der Waals surface area (Å²) >= 11 is 0. The molecule has 3 aromatic rings. The van der Waals surface area contributed by atoms with Crippen LogP contribution < -0.4 is 10.8 Å². The molecule has 32 heavy (non-hydrogen) atoms. The maximum absolute atomic E-state index is 11.1. The molecule has 0 saturated heterocycles. The third-order valence-electron chi connectivity index (χ3n) is 5.33. The number of urea groups is 1. The van der Waals surface area contributed by atoms with Gasteiger partial charge in [0, 0.05) is 37.6 Å². The fraction of sp³-hybridized carbons (Fsp3) is 0.320. The molecule has 168 valence electrons. The number of carbonyl (C=O) groups is 1. The van der Waals surface area contributed by atoms with E-state index in [2.05, 4.69) is 53.3 Å². The zero-order valence-electron chi connectivity index (χ0n) is 18.7. The van der Waals surface area contributed by atoms with E-state index in [0.29, 0.717) is 13.1 Å². The third-order valence-corrected chi connectivity index (χ3v) is 5.33. The average Bonchev–Trinajstić information content (AvgIpc) is 2.81. The lowest BCUT2D eigenvalue weighted by Gasteiger charge is -2.24. The standard InChI is InChI=1S/C25H31N5O2/c1-19-15-20(2)23(28-16-19)17-30(14-7-6-12-27-25(31)29-32)18-24-22(11-8-13-26-24)21-9-4-3-5-10-21/h3-5,8-11,13,15-16,32H,6-7,12,14,17-18H2,1-2H3,(H2,27,29,31). The third kappa shape index (κ3) is 6.87. The molecule has 0 unspecified atom stereocenters. The van der Waals surface area contributed by atoms with Gasteiger partial charge in [-0.25, -0.2) is 10.3 Å². The predicted octanol–water partition coefficient (Wildman–Crippen LogP) is 4.23. The molecular formula is C25H31N5O2. The number of carbonyl (C=O) groups excluding carboxylic acids is 1. The van der Waals surface area contributed by atoms with Crippen molar-refractivity contribution < 1.29 is 10.0 Å². The predicted molar refractivity (Wildman–Crippen MR) is 125 cm³/mol. The summed E-state index contributed by atoms with van der Waals surface area (Å²) in [5, 5.41) is 11.2. The molecule has 1 aromatic carbocycles. The molecule has 0 spiro atoms. The molecule has 2 amide bonds. The van der Waals surface area contributed by atoms with Crippen molar-refractivity contribution in [3.8, 4) is 11.1 Å². The highest BCUT2D eigenvalue weighted by atomic mass is 16.5. The molecule has 3 N–H and O–H groups in total. The summed E-state index contributed by atoms with van der Waals surface area (Å²) in [5.74, 6) is 0. The highest BCUT2D eigenvalue weighted by Gasteiger charge is 2.14. The number of unbranched alkanes of at least 4 members (excludes halogenated alkanes) is 1. The number of hydroxylamine groups is 1.